The van der Waals surface area contributed by atoms with Gasteiger partial charge in [0.1, 0.15) is 0 Å². The van der Waals surface area contributed by atoms with Crippen LogP contribution in [0.15, 0.2) is 23.6 Å². The van der Waals surface area contributed by atoms with E-state index in [2.05, 4.69) is 29.5 Å². The molecule has 3 nitrogen and oxygen atoms in total. The Hall–Kier alpha value is -1.52. The predicted octanol–water partition coefficient (Wildman–Crippen LogP) is 6.24. The number of anilines is 1. The molecule has 5 heteroatoms. The molecule has 2 atom stereocenters. The molecule has 0 amide bonds. The smallest absolute Gasteiger partial charge is 0.183 e. The summed E-state index contributed by atoms with van der Waals surface area (Å²) in [6, 6.07) is 6.53. The van der Waals surface area contributed by atoms with Crippen LogP contribution in [0.2, 0.25) is 5.02 Å². The Morgan fingerprint density at radius 3 is 3.04 bits per heavy atom. The summed E-state index contributed by atoms with van der Waals surface area (Å²) in [6.45, 7) is 4.44. The average molecular weight is 360 g/mol. The summed E-state index contributed by atoms with van der Waals surface area (Å²) in [7, 11) is 0. The maximum atomic E-state index is 6.19. The number of aryl methyl sites for hydroxylation is 1. The molecule has 126 valence electrons. The van der Waals surface area contributed by atoms with Gasteiger partial charge in [-0.1, -0.05) is 31.4 Å². The molecule has 3 aromatic rings. The van der Waals surface area contributed by atoms with Crippen molar-refractivity contribution in [3.05, 3.63) is 34.3 Å². The number of aromatic nitrogens is 2. The van der Waals surface area contributed by atoms with E-state index in [0.29, 0.717) is 6.04 Å². The molecule has 2 heterocycles. The van der Waals surface area contributed by atoms with Gasteiger partial charge in [-0.2, -0.15) is 0 Å². The van der Waals surface area contributed by atoms with Crippen LogP contribution < -0.4 is 5.32 Å². The molecule has 24 heavy (non-hydrogen) atoms. The molecule has 0 aliphatic heterocycles. The number of nitrogens with zero attached hydrogens (tertiary/aromatic N) is 1. The number of rotatable bonds is 3. The molecule has 4 rings (SSSR count). The minimum absolute atomic E-state index is 0.561. The largest absolute Gasteiger partial charge is 0.359 e. The number of aromatic amines is 1. The van der Waals surface area contributed by atoms with Crippen LogP contribution >= 0.6 is 22.9 Å². The number of hydrogen-bond donors (Lipinski definition) is 2. The van der Waals surface area contributed by atoms with Crippen LogP contribution in [-0.2, 0) is 0 Å². The number of H-pyrrole nitrogens is 1. The van der Waals surface area contributed by atoms with Crippen LogP contribution in [0.1, 0.15) is 38.3 Å². The summed E-state index contributed by atoms with van der Waals surface area (Å²) in [5.74, 6) is 0.814. The average Bonchev–Trinajstić information content (AvgIpc) is 3.10. The highest BCUT2D eigenvalue weighted by atomic mass is 35.5. The van der Waals surface area contributed by atoms with E-state index < -0.39 is 0 Å². The Morgan fingerprint density at radius 2 is 2.21 bits per heavy atom. The molecule has 2 aromatic heterocycles. The summed E-state index contributed by atoms with van der Waals surface area (Å²) in [4.78, 5) is 8.29. The van der Waals surface area contributed by atoms with Crippen LogP contribution in [0.25, 0.3) is 22.2 Å². The summed E-state index contributed by atoms with van der Waals surface area (Å²) in [6.07, 6.45) is 5.17. The first-order chi connectivity index (χ1) is 11.6. The van der Waals surface area contributed by atoms with Crippen molar-refractivity contribution >= 4 is 39.0 Å². The molecule has 1 aromatic carbocycles. The fraction of sp³-hybridized carbons (Fsp3) is 0.421. The van der Waals surface area contributed by atoms with E-state index in [1.54, 1.807) is 11.3 Å². The third-order valence-electron chi connectivity index (χ3n) is 4.97. The molecular weight excluding hydrogens is 338 g/mol. The van der Waals surface area contributed by atoms with Gasteiger partial charge in [0.15, 0.2) is 5.13 Å². The Balaban J connectivity index is 1.63. The molecule has 0 radical (unpaired) electrons. The molecule has 0 saturated heterocycles. The lowest BCUT2D eigenvalue weighted by Gasteiger charge is -2.27. The van der Waals surface area contributed by atoms with Gasteiger partial charge in [0.05, 0.1) is 5.69 Å². The third kappa shape index (κ3) is 3.05. The second-order valence-corrected chi connectivity index (χ2v) is 8.26. The first-order valence-electron chi connectivity index (χ1n) is 8.60. The highest BCUT2D eigenvalue weighted by Gasteiger charge is 2.20. The summed E-state index contributed by atoms with van der Waals surface area (Å²) in [5.41, 5.74) is 4.43. The molecule has 0 spiro atoms. The van der Waals surface area contributed by atoms with Crippen LogP contribution in [0.3, 0.4) is 0 Å². The fourth-order valence-corrected chi connectivity index (χ4v) is 4.78. The highest BCUT2D eigenvalue weighted by molar-refractivity contribution is 7.14. The zero-order valence-electron chi connectivity index (χ0n) is 14.0. The predicted molar refractivity (Wildman–Crippen MR) is 104 cm³/mol. The van der Waals surface area contributed by atoms with Crippen molar-refractivity contribution in [3.63, 3.8) is 0 Å². The highest BCUT2D eigenvalue weighted by Crippen LogP contribution is 2.36. The number of benzene rings is 1. The standard InChI is InChI=1S/C19H22ClN3S/c1-11-4-3-5-14(8-11)22-19-23-17(10-24-19)18-12(2)21-16-7-6-13(20)9-15(16)18/h6-7,9-11,14,21H,3-5,8H2,1-2H3,(H,22,23). The molecule has 1 fully saturated rings. The van der Waals surface area contributed by atoms with E-state index in [1.165, 1.54) is 25.7 Å². The monoisotopic (exact) mass is 359 g/mol. The van der Waals surface area contributed by atoms with E-state index in [1.807, 2.05) is 18.2 Å². The van der Waals surface area contributed by atoms with Crippen LogP contribution in [0.5, 0.6) is 0 Å². The van der Waals surface area contributed by atoms with Gasteiger partial charge in [-0.25, -0.2) is 4.98 Å². The number of halogens is 1. The third-order valence-corrected chi connectivity index (χ3v) is 5.98. The number of thiazole rings is 1. The van der Waals surface area contributed by atoms with Crippen LogP contribution in [-0.4, -0.2) is 16.0 Å². The van der Waals surface area contributed by atoms with Gasteiger partial charge < -0.3 is 10.3 Å². The SMILES string of the molecule is Cc1[nH]c2ccc(Cl)cc2c1-c1csc(NC2CCCC(C)C2)n1. The van der Waals surface area contributed by atoms with Crippen molar-refractivity contribution in [1.82, 2.24) is 9.97 Å². The van der Waals surface area contributed by atoms with Crippen LogP contribution in [0, 0.1) is 12.8 Å². The molecule has 0 bridgehead atoms. The van der Waals surface area contributed by atoms with Gasteiger partial charge in [0.2, 0.25) is 0 Å². The summed E-state index contributed by atoms with van der Waals surface area (Å²) >= 11 is 7.89. The second kappa shape index (κ2) is 6.41. The quantitative estimate of drug-likeness (QED) is 0.580. The van der Waals surface area contributed by atoms with E-state index in [0.717, 1.165) is 43.9 Å². The first kappa shape index (κ1) is 16.0. The minimum Gasteiger partial charge on any atom is -0.359 e. The Kier molecular flexibility index (Phi) is 4.27. The van der Waals surface area contributed by atoms with Crippen molar-refractivity contribution in [3.8, 4) is 11.3 Å². The van der Waals surface area contributed by atoms with E-state index in [9.17, 15) is 0 Å². The zero-order chi connectivity index (χ0) is 16.7. The summed E-state index contributed by atoms with van der Waals surface area (Å²) < 4.78 is 0. The van der Waals surface area contributed by atoms with Crippen molar-refractivity contribution < 1.29 is 0 Å². The molecule has 2 N–H and O–H groups in total. The fourth-order valence-electron chi connectivity index (χ4n) is 3.82. The lowest BCUT2D eigenvalue weighted by atomic mass is 9.87. The first-order valence-corrected chi connectivity index (χ1v) is 9.86. The van der Waals surface area contributed by atoms with Gasteiger partial charge in [-0.15, -0.1) is 11.3 Å². The molecule has 1 aliphatic rings. The van der Waals surface area contributed by atoms with Gasteiger partial charge in [-0.3, -0.25) is 0 Å². The number of nitrogens with one attached hydrogen (secondary N) is 2. The van der Waals surface area contributed by atoms with Crippen molar-refractivity contribution in [2.75, 3.05) is 5.32 Å². The minimum atomic E-state index is 0.561. The normalized spacial score (nSPS) is 21.3. The van der Waals surface area contributed by atoms with Gasteiger partial charge >= 0.3 is 0 Å². The molecular formula is C19H22ClN3S. The van der Waals surface area contributed by atoms with Crippen molar-refractivity contribution in [2.24, 2.45) is 5.92 Å². The van der Waals surface area contributed by atoms with Gasteiger partial charge in [0.25, 0.3) is 0 Å². The van der Waals surface area contributed by atoms with Gasteiger partial charge in [-0.05, 0) is 43.9 Å². The number of fused-ring (bicyclic) bond motifs is 1. The van der Waals surface area contributed by atoms with E-state index in [-0.39, 0.29) is 0 Å². The lowest BCUT2D eigenvalue weighted by Crippen LogP contribution is -2.26. The Morgan fingerprint density at radius 1 is 1.33 bits per heavy atom. The molecule has 1 saturated carbocycles. The molecule has 1 aliphatic carbocycles. The Labute approximate surface area is 151 Å². The number of hydrogen-bond acceptors (Lipinski definition) is 3. The molecule has 2 unspecified atom stereocenters. The lowest BCUT2D eigenvalue weighted by molar-refractivity contribution is 0.358. The van der Waals surface area contributed by atoms with Crippen LogP contribution in [0.4, 0.5) is 5.13 Å². The van der Waals surface area contributed by atoms with E-state index in [4.69, 9.17) is 16.6 Å². The Bertz CT molecular complexity index is 867. The van der Waals surface area contributed by atoms with E-state index >= 15 is 0 Å². The zero-order valence-corrected chi connectivity index (χ0v) is 15.6. The topological polar surface area (TPSA) is 40.7 Å². The van der Waals surface area contributed by atoms with Gasteiger partial charge in [0, 0.05) is 38.6 Å². The van der Waals surface area contributed by atoms with Crippen molar-refractivity contribution in [2.45, 2.75) is 45.6 Å². The maximum Gasteiger partial charge on any atom is 0.183 e. The summed E-state index contributed by atoms with van der Waals surface area (Å²) in [5, 5.41) is 8.71. The second-order valence-electron chi connectivity index (χ2n) is 6.97. The van der Waals surface area contributed by atoms with Crippen molar-refractivity contribution in [1.29, 1.82) is 0 Å². The maximum absolute atomic E-state index is 6.19.